The second-order valence-electron chi connectivity index (χ2n) is 3.41. The maximum absolute atomic E-state index is 10.8. The van der Waals surface area contributed by atoms with Crippen LogP contribution in [0.5, 0.6) is 0 Å². The van der Waals surface area contributed by atoms with Gasteiger partial charge in [0.15, 0.2) is 0 Å². The molecule has 0 aromatic carbocycles. The van der Waals surface area contributed by atoms with Crippen molar-refractivity contribution in [2.45, 2.75) is 33.6 Å². The molecule has 4 heteroatoms. The molecular formula is C10H17NO3. The Morgan fingerprint density at radius 3 is 2.43 bits per heavy atom. The molecule has 0 radical (unpaired) electrons. The summed E-state index contributed by atoms with van der Waals surface area (Å²) in [6, 6.07) is 0. The number of carbonyl (C=O) groups is 2. The van der Waals surface area contributed by atoms with Gasteiger partial charge >= 0.3 is 5.97 Å². The Morgan fingerprint density at radius 2 is 2.07 bits per heavy atom. The zero-order valence-corrected chi connectivity index (χ0v) is 8.83. The molecule has 4 nitrogen and oxygen atoms in total. The minimum absolute atomic E-state index is 0.235. The van der Waals surface area contributed by atoms with Crippen LogP contribution in [0.15, 0.2) is 11.8 Å². The topological polar surface area (TPSA) is 66.4 Å². The van der Waals surface area contributed by atoms with Crippen LogP contribution in [0.1, 0.15) is 33.6 Å². The Bertz CT molecular complexity index is 246. The maximum atomic E-state index is 10.8. The standard InChI is InChI=1S/C10H17NO3/c1-4-7(2)5-9(6-10(13)14)11-8(3)12/h6-7H,4-5H2,1-3H3,(H,11,12)(H,13,14)/t7-/m1/s1. The molecule has 2 N–H and O–H groups in total. The van der Waals surface area contributed by atoms with Crippen molar-refractivity contribution in [3.05, 3.63) is 11.8 Å². The van der Waals surface area contributed by atoms with Crippen molar-refractivity contribution in [1.82, 2.24) is 5.32 Å². The smallest absolute Gasteiger partial charge is 0.330 e. The fourth-order valence-corrected chi connectivity index (χ4v) is 1.04. The van der Waals surface area contributed by atoms with Gasteiger partial charge in [0, 0.05) is 18.7 Å². The van der Waals surface area contributed by atoms with Crippen molar-refractivity contribution >= 4 is 11.9 Å². The summed E-state index contributed by atoms with van der Waals surface area (Å²) in [5.74, 6) is -0.898. The van der Waals surface area contributed by atoms with Gasteiger partial charge in [0.1, 0.15) is 0 Å². The van der Waals surface area contributed by atoms with Gasteiger partial charge in [-0.25, -0.2) is 4.79 Å². The van der Waals surface area contributed by atoms with Crippen LogP contribution in [-0.4, -0.2) is 17.0 Å². The third kappa shape index (κ3) is 6.22. The van der Waals surface area contributed by atoms with E-state index >= 15 is 0 Å². The number of allylic oxidation sites excluding steroid dienone is 1. The normalized spacial score (nSPS) is 13.5. The van der Waals surface area contributed by atoms with Gasteiger partial charge in [-0.15, -0.1) is 0 Å². The second kappa shape index (κ2) is 6.18. The van der Waals surface area contributed by atoms with E-state index in [-0.39, 0.29) is 5.91 Å². The van der Waals surface area contributed by atoms with Crippen LogP contribution in [0.25, 0.3) is 0 Å². The minimum Gasteiger partial charge on any atom is -0.478 e. The average molecular weight is 199 g/mol. The SMILES string of the molecule is CC[C@@H](C)CC(=CC(=O)O)NC(C)=O. The zero-order valence-electron chi connectivity index (χ0n) is 8.83. The van der Waals surface area contributed by atoms with Crippen molar-refractivity contribution in [2.24, 2.45) is 5.92 Å². The van der Waals surface area contributed by atoms with Gasteiger partial charge in [0.05, 0.1) is 0 Å². The van der Waals surface area contributed by atoms with Crippen LogP contribution in [-0.2, 0) is 9.59 Å². The lowest BCUT2D eigenvalue weighted by Crippen LogP contribution is -2.21. The molecule has 0 saturated heterocycles. The molecule has 0 aliphatic carbocycles. The molecule has 0 aromatic heterocycles. The summed E-state index contributed by atoms with van der Waals surface area (Å²) < 4.78 is 0. The summed E-state index contributed by atoms with van der Waals surface area (Å²) >= 11 is 0. The Morgan fingerprint density at radius 1 is 1.50 bits per heavy atom. The van der Waals surface area contributed by atoms with E-state index in [1.165, 1.54) is 6.92 Å². The Labute approximate surface area is 84.0 Å². The van der Waals surface area contributed by atoms with Gasteiger partial charge in [-0.05, 0) is 12.3 Å². The minimum atomic E-state index is -1.03. The molecule has 0 bridgehead atoms. The quantitative estimate of drug-likeness (QED) is 0.660. The van der Waals surface area contributed by atoms with E-state index in [1.54, 1.807) is 0 Å². The van der Waals surface area contributed by atoms with E-state index in [2.05, 4.69) is 5.32 Å². The van der Waals surface area contributed by atoms with Gasteiger partial charge < -0.3 is 10.4 Å². The highest BCUT2D eigenvalue weighted by Gasteiger charge is 2.07. The summed E-state index contributed by atoms with van der Waals surface area (Å²) in [6.07, 6.45) is 2.59. The number of rotatable bonds is 5. The van der Waals surface area contributed by atoms with Crippen LogP contribution in [0, 0.1) is 5.92 Å². The molecule has 0 spiro atoms. The van der Waals surface area contributed by atoms with Crippen molar-refractivity contribution < 1.29 is 14.7 Å². The fourth-order valence-electron chi connectivity index (χ4n) is 1.04. The van der Waals surface area contributed by atoms with E-state index in [1.807, 2.05) is 13.8 Å². The largest absolute Gasteiger partial charge is 0.478 e. The zero-order chi connectivity index (χ0) is 11.1. The predicted molar refractivity (Wildman–Crippen MR) is 53.6 cm³/mol. The highest BCUT2D eigenvalue weighted by Crippen LogP contribution is 2.12. The fraction of sp³-hybridized carbons (Fsp3) is 0.600. The molecule has 0 rings (SSSR count). The van der Waals surface area contributed by atoms with Crippen molar-refractivity contribution in [3.63, 3.8) is 0 Å². The highest BCUT2D eigenvalue weighted by molar-refractivity contribution is 5.82. The van der Waals surface area contributed by atoms with Crippen LogP contribution in [0.3, 0.4) is 0 Å². The first kappa shape index (κ1) is 12.7. The summed E-state index contributed by atoms with van der Waals surface area (Å²) in [5.41, 5.74) is 0.472. The first-order valence-electron chi connectivity index (χ1n) is 4.66. The Balaban J connectivity index is 4.40. The van der Waals surface area contributed by atoms with Gasteiger partial charge in [-0.2, -0.15) is 0 Å². The molecular weight excluding hydrogens is 182 g/mol. The third-order valence-corrected chi connectivity index (χ3v) is 1.90. The van der Waals surface area contributed by atoms with Crippen molar-refractivity contribution in [3.8, 4) is 0 Å². The number of hydrogen-bond donors (Lipinski definition) is 2. The van der Waals surface area contributed by atoms with Gasteiger partial charge in [-0.3, -0.25) is 4.79 Å². The summed E-state index contributed by atoms with van der Waals surface area (Å²) in [5, 5.41) is 11.1. The van der Waals surface area contributed by atoms with E-state index < -0.39 is 5.97 Å². The molecule has 0 aliphatic heterocycles. The molecule has 80 valence electrons. The molecule has 0 aromatic rings. The number of carboxylic acids is 1. The van der Waals surface area contributed by atoms with E-state index in [0.29, 0.717) is 18.0 Å². The third-order valence-electron chi connectivity index (χ3n) is 1.90. The molecule has 1 amide bonds. The van der Waals surface area contributed by atoms with Gasteiger partial charge in [-0.1, -0.05) is 20.3 Å². The van der Waals surface area contributed by atoms with Crippen molar-refractivity contribution in [1.29, 1.82) is 0 Å². The number of carboxylic acid groups (broad SMARTS) is 1. The number of hydrogen-bond acceptors (Lipinski definition) is 2. The highest BCUT2D eigenvalue weighted by atomic mass is 16.4. The average Bonchev–Trinajstić information content (AvgIpc) is 2.01. The first-order chi connectivity index (χ1) is 6.45. The molecule has 1 atom stereocenters. The second-order valence-corrected chi connectivity index (χ2v) is 3.41. The monoisotopic (exact) mass is 199 g/mol. The van der Waals surface area contributed by atoms with Crippen LogP contribution in [0.4, 0.5) is 0 Å². The van der Waals surface area contributed by atoms with Gasteiger partial charge in [0.2, 0.25) is 5.91 Å². The number of carbonyl (C=O) groups excluding carboxylic acids is 1. The number of amides is 1. The Kier molecular flexibility index (Phi) is 5.60. The predicted octanol–water partition coefficient (Wildman–Crippen LogP) is 1.53. The molecule has 0 heterocycles. The first-order valence-corrected chi connectivity index (χ1v) is 4.66. The lowest BCUT2D eigenvalue weighted by Gasteiger charge is -2.11. The van der Waals surface area contributed by atoms with E-state index in [9.17, 15) is 9.59 Å². The summed E-state index contributed by atoms with van der Waals surface area (Å²) in [7, 11) is 0. The van der Waals surface area contributed by atoms with Crippen molar-refractivity contribution in [2.75, 3.05) is 0 Å². The van der Waals surface area contributed by atoms with Gasteiger partial charge in [0.25, 0.3) is 0 Å². The summed E-state index contributed by atoms with van der Waals surface area (Å²) in [6.45, 7) is 5.40. The Hall–Kier alpha value is -1.32. The molecule has 0 saturated carbocycles. The molecule has 0 fully saturated rings. The molecule has 14 heavy (non-hydrogen) atoms. The maximum Gasteiger partial charge on any atom is 0.330 e. The summed E-state index contributed by atoms with van der Waals surface area (Å²) in [4.78, 5) is 21.2. The molecule has 0 unspecified atom stereocenters. The number of aliphatic carboxylic acids is 1. The lowest BCUT2D eigenvalue weighted by molar-refractivity contribution is -0.131. The van der Waals surface area contributed by atoms with E-state index in [0.717, 1.165) is 12.5 Å². The van der Waals surface area contributed by atoms with E-state index in [4.69, 9.17) is 5.11 Å². The van der Waals surface area contributed by atoms with Crippen LogP contribution in [0.2, 0.25) is 0 Å². The lowest BCUT2D eigenvalue weighted by atomic mass is 10.0. The van der Waals surface area contributed by atoms with Crippen LogP contribution >= 0.6 is 0 Å². The molecule has 0 aliphatic rings. The number of nitrogens with one attached hydrogen (secondary N) is 1. The van der Waals surface area contributed by atoms with Crippen LogP contribution < -0.4 is 5.32 Å².